The lowest BCUT2D eigenvalue weighted by atomic mass is 10.1. The van der Waals surface area contributed by atoms with Crippen molar-refractivity contribution in [1.29, 1.82) is 5.26 Å². The first-order valence-corrected chi connectivity index (χ1v) is 6.88. The summed E-state index contributed by atoms with van der Waals surface area (Å²) in [5.41, 5.74) is -1.34. The lowest BCUT2D eigenvalue weighted by Crippen LogP contribution is -2.07. The van der Waals surface area contributed by atoms with E-state index in [0.717, 1.165) is 30.7 Å². The molecule has 0 N–H and O–H groups in total. The van der Waals surface area contributed by atoms with Crippen molar-refractivity contribution in [2.45, 2.75) is 35.1 Å². The number of benzene rings is 1. The summed E-state index contributed by atoms with van der Waals surface area (Å²) in [6.45, 7) is 0. The van der Waals surface area contributed by atoms with Gasteiger partial charge in [0.25, 0.3) is 0 Å². The minimum absolute atomic E-state index is 0.271. The third kappa shape index (κ3) is 2.85. The number of hydrogen-bond acceptors (Lipinski definition) is 5. The van der Waals surface area contributed by atoms with Crippen molar-refractivity contribution in [3.8, 4) is 6.07 Å². The van der Waals surface area contributed by atoms with Gasteiger partial charge in [0.15, 0.2) is 0 Å². The Balaban J connectivity index is 1.90. The summed E-state index contributed by atoms with van der Waals surface area (Å²) in [5.74, 6) is 0. The molecule has 108 valence electrons. The molecule has 1 aliphatic carbocycles. The normalized spacial score (nSPS) is 15.0. The van der Waals surface area contributed by atoms with E-state index in [0.29, 0.717) is 10.1 Å². The molecule has 1 aromatic carbocycles. The van der Waals surface area contributed by atoms with Crippen LogP contribution in [-0.4, -0.2) is 20.2 Å². The highest BCUT2D eigenvalue weighted by atomic mass is 32.2. The van der Waals surface area contributed by atoms with Crippen molar-refractivity contribution in [2.24, 2.45) is 0 Å². The molecule has 21 heavy (non-hydrogen) atoms. The first kappa shape index (κ1) is 13.9. The minimum atomic E-state index is -4.54. The summed E-state index contributed by atoms with van der Waals surface area (Å²) in [5, 5.41) is 20.7. The molecule has 0 unspecified atom stereocenters. The Morgan fingerprint density at radius 3 is 2.71 bits per heavy atom. The molecule has 9 heteroatoms. The van der Waals surface area contributed by atoms with E-state index in [1.165, 1.54) is 12.1 Å². The summed E-state index contributed by atoms with van der Waals surface area (Å²) >= 11 is 1.15. The maximum absolute atomic E-state index is 12.7. The van der Waals surface area contributed by atoms with Gasteiger partial charge in [-0.15, -0.1) is 5.10 Å². The van der Waals surface area contributed by atoms with Crippen LogP contribution < -0.4 is 0 Å². The van der Waals surface area contributed by atoms with Gasteiger partial charge in [-0.3, -0.25) is 0 Å². The lowest BCUT2D eigenvalue weighted by Gasteiger charge is -2.09. The molecule has 0 amide bonds. The van der Waals surface area contributed by atoms with Crippen molar-refractivity contribution in [1.82, 2.24) is 20.2 Å². The molecule has 5 nitrogen and oxygen atoms in total. The van der Waals surface area contributed by atoms with Gasteiger partial charge in [0.1, 0.15) is 0 Å². The quantitative estimate of drug-likeness (QED) is 0.871. The van der Waals surface area contributed by atoms with Crippen molar-refractivity contribution in [3.63, 3.8) is 0 Å². The number of aromatic nitrogens is 4. The van der Waals surface area contributed by atoms with E-state index in [-0.39, 0.29) is 6.04 Å². The zero-order chi connectivity index (χ0) is 15.0. The second-order valence-corrected chi connectivity index (χ2v) is 5.60. The predicted molar refractivity (Wildman–Crippen MR) is 66.4 cm³/mol. The molecule has 2 aromatic rings. The van der Waals surface area contributed by atoms with E-state index >= 15 is 0 Å². The second-order valence-electron chi connectivity index (χ2n) is 4.56. The van der Waals surface area contributed by atoms with Crippen LogP contribution >= 0.6 is 11.8 Å². The fourth-order valence-electron chi connectivity index (χ4n) is 1.83. The average molecular weight is 311 g/mol. The van der Waals surface area contributed by atoms with Crippen LogP contribution in [0.4, 0.5) is 13.2 Å². The van der Waals surface area contributed by atoms with Crippen LogP contribution in [0.25, 0.3) is 0 Å². The number of nitriles is 1. The van der Waals surface area contributed by atoms with Gasteiger partial charge in [-0.05, 0) is 53.2 Å². The van der Waals surface area contributed by atoms with E-state index in [1.54, 1.807) is 10.8 Å². The van der Waals surface area contributed by atoms with Crippen LogP contribution in [0.5, 0.6) is 0 Å². The van der Waals surface area contributed by atoms with Crippen molar-refractivity contribution >= 4 is 11.8 Å². The largest absolute Gasteiger partial charge is 0.417 e. The molecule has 1 heterocycles. The first-order chi connectivity index (χ1) is 9.99. The number of tetrazole rings is 1. The van der Waals surface area contributed by atoms with Gasteiger partial charge in [-0.2, -0.15) is 18.4 Å². The molecule has 1 saturated carbocycles. The maximum Gasteiger partial charge on any atom is 0.417 e. The summed E-state index contributed by atoms with van der Waals surface area (Å²) in [7, 11) is 0. The molecule has 0 spiro atoms. The molecule has 0 saturated heterocycles. The fraction of sp³-hybridized carbons (Fsp3) is 0.333. The van der Waals surface area contributed by atoms with Crippen LogP contribution in [0.15, 0.2) is 28.3 Å². The molecule has 0 radical (unpaired) electrons. The number of alkyl halides is 3. The van der Waals surface area contributed by atoms with Crippen LogP contribution in [-0.2, 0) is 6.18 Å². The van der Waals surface area contributed by atoms with E-state index in [2.05, 4.69) is 15.5 Å². The Bertz CT molecular complexity index is 714. The van der Waals surface area contributed by atoms with Gasteiger partial charge in [0, 0.05) is 4.90 Å². The standard InChI is InChI=1S/C12H8F3N5S/c13-12(14,15)10-4-3-9(5-7(10)6-16)21-11-17-18-19-20(11)8-1-2-8/h3-5,8H,1-2H2. The number of halogens is 3. The Hall–Kier alpha value is -2.08. The minimum Gasteiger partial charge on any atom is -0.217 e. The molecule has 1 fully saturated rings. The molecular weight excluding hydrogens is 303 g/mol. The highest BCUT2D eigenvalue weighted by molar-refractivity contribution is 7.99. The molecule has 3 rings (SSSR count). The zero-order valence-corrected chi connectivity index (χ0v) is 11.3. The van der Waals surface area contributed by atoms with Crippen molar-refractivity contribution in [3.05, 3.63) is 29.3 Å². The second kappa shape index (κ2) is 5.04. The van der Waals surface area contributed by atoms with Gasteiger partial charge in [-0.1, -0.05) is 0 Å². The van der Waals surface area contributed by atoms with Gasteiger partial charge >= 0.3 is 6.18 Å². The van der Waals surface area contributed by atoms with Crippen LogP contribution in [0.1, 0.15) is 30.0 Å². The average Bonchev–Trinajstić information content (AvgIpc) is 3.18. The van der Waals surface area contributed by atoms with Crippen LogP contribution in [0, 0.1) is 11.3 Å². The smallest absolute Gasteiger partial charge is 0.217 e. The Labute approximate surface area is 121 Å². The Kier molecular flexibility index (Phi) is 3.33. The van der Waals surface area contributed by atoms with E-state index in [4.69, 9.17) is 5.26 Å². The summed E-state index contributed by atoms with van der Waals surface area (Å²) in [4.78, 5) is 0.497. The lowest BCUT2D eigenvalue weighted by molar-refractivity contribution is -0.137. The Morgan fingerprint density at radius 1 is 1.33 bits per heavy atom. The molecule has 1 aromatic heterocycles. The predicted octanol–water partition coefficient (Wildman–Crippen LogP) is 3.05. The SMILES string of the molecule is N#Cc1cc(Sc2nnnn2C2CC2)ccc1C(F)(F)F. The molecule has 0 bridgehead atoms. The molecule has 0 aliphatic heterocycles. The van der Waals surface area contributed by atoms with Crippen LogP contribution in [0.3, 0.4) is 0 Å². The van der Waals surface area contributed by atoms with Gasteiger partial charge < -0.3 is 0 Å². The van der Waals surface area contributed by atoms with E-state index in [9.17, 15) is 13.2 Å². The molecule has 1 aliphatic rings. The third-order valence-electron chi connectivity index (χ3n) is 2.98. The monoisotopic (exact) mass is 311 g/mol. The number of nitrogens with zero attached hydrogens (tertiary/aromatic N) is 5. The highest BCUT2D eigenvalue weighted by Gasteiger charge is 2.34. The third-order valence-corrected chi connectivity index (χ3v) is 3.92. The number of rotatable bonds is 3. The molecule has 0 atom stereocenters. The molecular formula is C12H8F3N5S. The van der Waals surface area contributed by atoms with Crippen molar-refractivity contribution < 1.29 is 13.2 Å². The van der Waals surface area contributed by atoms with E-state index in [1.807, 2.05) is 0 Å². The first-order valence-electron chi connectivity index (χ1n) is 6.06. The fourth-order valence-corrected chi connectivity index (χ4v) is 2.71. The zero-order valence-electron chi connectivity index (χ0n) is 10.5. The summed E-state index contributed by atoms with van der Waals surface area (Å²) < 4.78 is 39.8. The van der Waals surface area contributed by atoms with Gasteiger partial charge in [0.2, 0.25) is 5.16 Å². The topological polar surface area (TPSA) is 67.4 Å². The summed E-state index contributed by atoms with van der Waals surface area (Å²) in [6.07, 6.45) is -2.55. The van der Waals surface area contributed by atoms with Crippen molar-refractivity contribution in [2.75, 3.05) is 0 Å². The number of hydrogen-bond donors (Lipinski definition) is 0. The summed E-state index contributed by atoms with van der Waals surface area (Å²) in [6, 6.07) is 5.29. The Morgan fingerprint density at radius 2 is 2.10 bits per heavy atom. The maximum atomic E-state index is 12.7. The van der Waals surface area contributed by atoms with Gasteiger partial charge in [-0.25, -0.2) is 4.68 Å². The van der Waals surface area contributed by atoms with Crippen LogP contribution in [0.2, 0.25) is 0 Å². The highest BCUT2D eigenvalue weighted by Crippen LogP contribution is 2.39. The van der Waals surface area contributed by atoms with Gasteiger partial charge in [0.05, 0.1) is 23.2 Å². The van der Waals surface area contributed by atoms with E-state index < -0.39 is 17.3 Å².